The van der Waals surface area contributed by atoms with Gasteiger partial charge >= 0.3 is 0 Å². The molecule has 0 aliphatic rings. The van der Waals surface area contributed by atoms with Crippen molar-refractivity contribution in [2.24, 2.45) is 5.14 Å². The molecule has 0 radical (unpaired) electrons. The minimum Gasteiger partial charge on any atom is -0.352 e. The van der Waals surface area contributed by atoms with Gasteiger partial charge in [0.25, 0.3) is 5.91 Å². The van der Waals surface area contributed by atoms with Crippen molar-refractivity contribution in [2.45, 2.75) is 11.3 Å². The number of nitrogens with two attached hydrogens (primary N) is 1. The number of sulfonamides is 1. The Kier molecular flexibility index (Phi) is 4.78. The summed E-state index contributed by atoms with van der Waals surface area (Å²) in [6, 6.07) is 15.4. The summed E-state index contributed by atoms with van der Waals surface area (Å²) in [4.78, 5) is 16.5. The number of carbonyl (C=O) groups excluding carboxylic acids is 1. The van der Waals surface area contributed by atoms with Crippen molar-refractivity contribution in [1.29, 1.82) is 0 Å². The summed E-state index contributed by atoms with van der Waals surface area (Å²) in [6.45, 7) is 0.443. The molecule has 0 aliphatic carbocycles. The molecule has 0 saturated heterocycles. The third-order valence-corrected chi connectivity index (χ3v) is 4.75. The van der Waals surface area contributed by atoms with E-state index in [1.165, 1.54) is 12.1 Å². The zero-order valence-corrected chi connectivity index (χ0v) is 14.2. The van der Waals surface area contributed by atoms with Gasteiger partial charge in [0.1, 0.15) is 0 Å². The maximum Gasteiger partial charge on any atom is 0.251 e. The van der Waals surface area contributed by atoms with Crippen LogP contribution in [0, 0.1) is 0 Å². The Morgan fingerprint density at radius 1 is 1.08 bits per heavy atom. The summed E-state index contributed by atoms with van der Waals surface area (Å²) >= 11 is 0. The fourth-order valence-electron chi connectivity index (χ4n) is 2.49. The second-order valence-electron chi connectivity index (χ2n) is 5.61. The quantitative estimate of drug-likeness (QED) is 0.729. The zero-order valence-electron chi connectivity index (χ0n) is 13.3. The molecule has 6 nitrogen and oxygen atoms in total. The fourth-order valence-corrected chi connectivity index (χ4v) is 3.00. The maximum absolute atomic E-state index is 12.2. The number of nitrogens with zero attached hydrogens (tertiary/aromatic N) is 1. The highest BCUT2D eigenvalue weighted by Gasteiger charge is 2.08. The number of benzene rings is 2. The van der Waals surface area contributed by atoms with Crippen molar-refractivity contribution in [1.82, 2.24) is 10.3 Å². The molecular weight excluding hydrogens is 338 g/mol. The van der Waals surface area contributed by atoms with Gasteiger partial charge < -0.3 is 5.32 Å². The molecule has 0 spiro atoms. The molecule has 1 aromatic heterocycles. The molecule has 0 saturated carbocycles. The first-order valence-electron chi connectivity index (χ1n) is 7.68. The highest BCUT2D eigenvalue weighted by Crippen LogP contribution is 2.13. The number of primary sulfonamides is 1. The van der Waals surface area contributed by atoms with Crippen LogP contribution in [-0.4, -0.2) is 25.9 Å². The number of hydrogen-bond acceptors (Lipinski definition) is 4. The Balaban J connectivity index is 1.60. The van der Waals surface area contributed by atoms with Gasteiger partial charge in [0.15, 0.2) is 0 Å². The van der Waals surface area contributed by atoms with Crippen molar-refractivity contribution in [3.05, 3.63) is 71.9 Å². The summed E-state index contributed by atoms with van der Waals surface area (Å²) in [5, 5.41) is 8.83. The lowest BCUT2D eigenvalue weighted by atomic mass is 10.1. The standard InChI is InChI=1S/C18H17N3O3S/c19-25(23,24)16-6-3-13(4-7-16)9-11-21-18(22)15-5-8-17-14(12-15)2-1-10-20-17/h1-8,10,12H,9,11H2,(H,21,22)(H2,19,23,24). The van der Waals surface area contributed by atoms with Gasteiger partial charge in [-0.25, -0.2) is 13.6 Å². The van der Waals surface area contributed by atoms with Crippen LogP contribution in [-0.2, 0) is 16.4 Å². The van der Waals surface area contributed by atoms with Crippen LogP contribution in [0.25, 0.3) is 10.9 Å². The number of nitrogens with one attached hydrogen (secondary N) is 1. The highest BCUT2D eigenvalue weighted by atomic mass is 32.2. The van der Waals surface area contributed by atoms with Crippen molar-refractivity contribution in [3.8, 4) is 0 Å². The van der Waals surface area contributed by atoms with E-state index in [1.54, 1.807) is 30.5 Å². The predicted octanol–water partition coefficient (Wildman–Crippen LogP) is 1.85. The lowest BCUT2D eigenvalue weighted by Crippen LogP contribution is -2.25. The lowest BCUT2D eigenvalue weighted by molar-refractivity contribution is 0.0954. The average molecular weight is 355 g/mol. The van der Waals surface area contributed by atoms with Crippen LogP contribution in [0.5, 0.6) is 0 Å². The van der Waals surface area contributed by atoms with E-state index < -0.39 is 10.0 Å². The van der Waals surface area contributed by atoms with Crippen LogP contribution >= 0.6 is 0 Å². The number of carbonyl (C=O) groups is 1. The molecule has 0 bridgehead atoms. The summed E-state index contributed by atoms with van der Waals surface area (Å²) in [7, 11) is -3.68. The Hall–Kier alpha value is -2.77. The molecule has 0 aliphatic heterocycles. The van der Waals surface area contributed by atoms with Crippen LogP contribution in [0.15, 0.2) is 65.7 Å². The van der Waals surface area contributed by atoms with E-state index in [0.717, 1.165) is 16.5 Å². The minimum absolute atomic E-state index is 0.0741. The Bertz CT molecular complexity index is 1020. The number of pyridine rings is 1. The predicted molar refractivity (Wildman–Crippen MR) is 95.6 cm³/mol. The molecule has 1 amide bonds. The molecule has 128 valence electrons. The SMILES string of the molecule is NS(=O)(=O)c1ccc(CCNC(=O)c2ccc3ncccc3c2)cc1. The third kappa shape index (κ3) is 4.20. The first-order valence-corrected chi connectivity index (χ1v) is 9.23. The van der Waals surface area contributed by atoms with E-state index in [-0.39, 0.29) is 10.8 Å². The van der Waals surface area contributed by atoms with Crippen molar-refractivity contribution >= 4 is 26.8 Å². The van der Waals surface area contributed by atoms with Crippen LogP contribution in [0.1, 0.15) is 15.9 Å². The van der Waals surface area contributed by atoms with Gasteiger partial charge in [0.05, 0.1) is 10.4 Å². The fraction of sp³-hybridized carbons (Fsp3) is 0.111. The molecule has 2 aromatic carbocycles. The molecular formula is C18H17N3O3S. The molecule has 1 heterocycles. The second kappa shape index (κ2) is 7.00. The van der Waals surface area contributed by atoms with Gasteiger partial charge in [-0.05, 0) is 48.4 Å². The van der Waals surface area contributed by atoms with E-state index >= 15 is 0 Å². The number of amides is 1. The van der Waals surface area contributed by atoms with Crippen molar-refractivity contribution in [2.75, 3.05) is 6.54 Å². The minimum atomic E-state index is -3.68. The summed E-state index contributed by atoms with van der Waals surface area (Å²) in [5.74, 6) is -0.160. The van der Waals surface area contributed by atoms with Gasteiger partial charge in [-0.1, -0.05) is 18.2 Å². The highest BCUT2D eigenvalue weighted by molar-refractivity contribution is 7.89. The van der Waals surface area contributed by atoms with Crippen LogP contribution in [0.2, 0.25) is 0 Å². The summed E-state index contributed by atoms with van der Waals surface area (Å²) < 4.78 is 22.4. The Morgan fingerprint density at radius 2 is 1.84 bits per heavy atom. The maximum atomic E-state index is 12.2. The number of aromatic nitrogens is 1. The van der Waals surface area contributed by atoms with Gasteiger partial charge in [-0.2, -0.15) is 0 Å². The number of hydrogen-bond donors (Lipinski definition) is 2. The van der Waals surface area contributed by atoms with Gasteiger partial charge in [-0.3, -0.25) is 9.78 Å². The van der Waals surface area contributed by atoms with E-state index in [9.17, 15) is 13.2 Å². The molecule has 0 fully saturated rings. The molecule has 0 unspecified atom stereocenters. The first-order chi connectivity index (χ1) is 11.9. The lowest BCUT2D eigenvalue weighted by Gasteiger charge is -2.07. The largest absolute Gasteiger partial charge is 0.352 e. The van der Waals surface area contributed by atoms with E-state index in [4.69, 9.17) is 5.14 Å². The van der Waals surface area contributed by atoms with Gasteiger partial charge in [0, 0.05) is 23.7 Å². The van der Waals surface area contributed by atoms with E-state index in [1.807, 2.05) is 18.2 Å². The monoisotopic (exact) mass is 355 g/mol. The summed E-state index contributed by atoms with van der Waals surface area (Å²) in [5.41, 5.74) is 2.33. The van der Waals surface area contributed by atoms with Crippen LogP contribution in [0.4, 0.5) is 0 Å². The molecule has 3 rings (SSSR count). The van der Waals surface area contributed by atoms with Crippen molar-refractivity contribution < 1.29 is 13.2 Å². The summed E-state index contributed by atoms with van der Waals surface area (Å²) in [6.07, 6.45) is 2.30. The van der Waals surface area contributed by atoms with E-state index in [0.29, 0.717) is 18.5 Å². The van der Waals surface area contributed by atoms with E-state index in [2.05, 4.69) is 10.3 Å². The number of rotatable bonds is 5. The topological polar surface area (TPSA) is 102 Å². The molecule has 3 aromatic rings. The first kappa shape index (κ1) is 17.1. The Morgan fingerprint density at radius 3 is 2.56 bits per heavy atom. The molecule has 0 atom stereocenters. The zero-order chi connectivity index (χ0) is 17.9. The molecule has 25 heavy (non-hydrogen) atoms. The molecule has 3 N–H and O–H groups in total. The average Bonchev–Trinajstić information content (AvgIpc) is 2.61. The Labute approximate surface area is 145 Å². The normalized spacial score (nSPS) is 11.4. The van der Waals surface area contributed by atoms with Crippen LogP contribution in [0.3, 0.4) is 0 Å². The molecule has 7 heteroatoms. The smallest absolute Gasteiger partial charge is 0.251 e. The second-order valence-corrected chi connectivity index (χ2v) is 7.17. The van der Waals surface area contributed by atoms with Gasteiger partial charge in [-0.15, -0.1) is 0 Å². The van der Waals surface area contributed by atoms with Crippen LogP contribution < -0.4 is 10.5 Å². The number of fused-ring (bicyclic) bond motifs is 1. The van der Waals surface area contributed by atoms with Gasteiger partial charge in [0.2, 0.25) is 10.0 Å². The third-order valence-electron chi connectivity index (χ3n) is 3.82. The van der Waals surface area contributed by atoms with Crippen molar-refractivity contribution in [3.63, 3.8) is 0 Å².